The van der Waals surface area contributed by atoms with Gasteiger partial charge in [0.1, 0.15) is 36.5 Å². The van der Waals surface area contributed by atoms with Gasteiger partial charge in [-0.15, -0.1) is 6.58 Å². The molecule has 2 aliphatic carbocycles. The number of nitro groups is 1. The zero-order chi connectivity index (χ0) is 44.9. The van der Waals surface area contributed by atoms with E-state index >= 15 is 0 Å². The average Bonchev–Trinajstić information content (AvgIpc) is 3.31. The van der Waals surface area contributed by atoms with E-state index < -0.39 is 28.8 Å². The molecule has 0 spiro atoms. The van der Waals surface area contributed by atoms with Gasteiger partial charge in [0.25, 0.3) is 5.69 Å². The topological polar surface area (TPSA) is 162 Å². The highest BCUT2D eigenvalue weighted by molar-refractivity contribution is 6.03. The first kappa shape index (κ1) is 46.0. The molecule has 1 fully saturated rings. The van der Waals surface area contributed by atoms with Crippen molar-refractivity contribution in [2.45, 2.75) is 89.3 Å². The third-order valence-corrected chi connectivity index (χ3v) is 12.4. The number of hydrogen-bond donors (Lipinski definition) is 2. The van der Waals surface area contributed by atoms with Crippen LogP contribution in [0.15, 0.2) is 133 Å². The van der Waals surface area contributed by atoms with Crippen LogP contribution in [0.4, 0.5) is 10.5 Å². The number of fused-ring (bicyclic) bond motifs is 2. The molecule has 0 saturated heterocycles. The Bertz CT molecular complexity index is 2250. The Morgan fingerprint density at radius 1 is 0.922 bits per heavy atom. The van der Waals surface area contributed by atoms with Gasteiger partial charge in [0.15, 0.2) is 0 Å². The van der Waals surface area contributed by atoms with Crippen molar-refractivity contribution in [1.29, 1.82) is 0 Å². The number of benzene rings is 4. The molecule has 2 N–H and O–H groups in total. The number of aliphatic hydroxyl groups is 2. The van der Waals surface area contributed by atoms with Crippen molar-refractivity contribution in [3.8, 4) is 17.2 Å². The van der Waals surface area contributed by atoms with Gasteiger partial charge in [-0.3, -0.25) is 15.0 Å². The molecule has 3 aliphatic rings. The van der Waals surface area contributed by atoms with E-state index in [0.717, 1.165) is 47.9 Å². The zero-order valence-electron chi connectivity index (χ0n) is 36.5. The van der Waals surface area contributed by atoms with E-state index in [4.69, 9.17) is 28.9 Å². The summed E-state index contributed by atoms with van der Waals surface area (Å²) in [6.45, 7) is 6.92. The monoisotopic (exact) mass is 873 g/mol. The Labute approximate surface area is 375 Å². The summed E-state index contributed by atoms with van der Waals surface area (Å²) >= 11 is 0. The third kappa shape index (κ3) is 10.5. The molecule has 0 bridgehead atoms. The Hall–Kier alpha value is -6.02. The van der Waals surface area contributed by atoms with Crippen LogP contribution in [0.3, 0.4) is 0 Å². The number of ether oxygens (including phenoxy) is 4. The largest absolute Gasteiger partial charge is 0.459 e. The summed E-state index contributed by atoms with van der Waals surface area (Å²) in [5, 5.41) is 36.5. The van der Waals surface area contributed by atoms with Crippen LogP contribution in [-0.4, -0.2) is 70.0 Å². The van der Waals surface area contributed by atoms with Gasteiger partial charge < -0.3 is 34.0 Å². The Balaban J connectivity index is 1.41. The number of nitro benzene ring substituents is 1. The van der Waals surface area contributed by atoms with E-state index in [1.165, 1.54) is 12.1 Å². The van der Waals surface area contributed by atoms with Gasteiger partial charge in [-0.25, -0.2) is 4.79 Å². The number of oxime groups is 1. The summed E-state index contributed by atoms with van der Waals surface area (Å²) in [7, 11) is 0. The number of nitrogens with zero attached hydrogens (tertiary/aromatic N) is 3. The summed E-state index contributed by atoms with van der Waals surface area (Å²) in [6, 6.07) is 30.3. The van der Waals surface area contributed by atoms with Crippen molar-refractivity contribution >= 4 is 17.5 Å². The van der Waals surface area contributed by atoms with Crippen LogP contribution < -0.4 is 9.47 Å². The second kappa shape index (κ2) is 22.1. The molecule has 6 atom stereocenters. The molecular formula is C51H59N3O10. The molecule has 64 heavy (non-hydrogen) atoms. The second-order valence-corrected chi connectivity index (χ2v) is 16.6. The average molecular weight is 874 g/mol. The van der Waals surface area contributed by atoms with Gasteiger partial charge in [0, 0.05) is 43.7 Å². The quantitative estimate of drug-likeness (QED) is 0.0336. The highest BCUT2D eigenvalue weighted by Gasteiger charge is 2.65. The van der Waals surface area contributed by atoms with Gasteiger partial charge in [0.2, 0.25) is 5.79 Å². The molecule has 13 heteroatoms. The molecule has 7 rings (SSSR count). The maximum atomic E-state index is 14.6. The molecule has 4 aromatic carbocycles. The molecule has 1 amide bonds. The Morgan fingerprint density at radius 3 is 2.31 bits per heavy atom. The summed E-state index contributed by atoms with van der Waals surface area (Å²) < 4.78 is 26.8. The van der Waals surface area contributed by atoms with Crippen molar-refractivity contribution in [2.24, 2.45) is 22.9 Å². The summed E-state index contributed by atoms with van der Waals surface area (Å²) in [5.74, 6) is -0.975. The molecule has 0 unspecified atom stereocenters. The van der Waals surface area contributed by atoms with E-state index in [2.05, 4.69) is 12.7 Å². The smallest absolute Gasteiger partial charge is 0.410 e. The van der Waals surface area contributed by atoms with Crippen LogP contribution in [0.5, 0.6) is 17.2 Å². The minimum absolute atomic E-state index is 0.0173. The number of carbonyl (C=O) groups is 1. The fraction of sp³-hybridized carbons (Fsp3) is 0.412. The highest BCUT2D eigenvalue weighted by Crippen LogP contribution is 2.62. The molecule has 13 nitrogen and oxygen atoms in total. The van der Waals surface area contributed by atoms with E-state index in [1.807, 2.05) is 79.7 Å². The summed E-state index contributed by atoms with van der Waals surface area (Å²) in [4.78, 5) is 33.8. The molecule has 0 aromatic heterocycles. The highest BCUT2D eigenvalue weighted by atomic mass is 16.7. The molecule has 1 aliphatic heterocycles. The van der Waals surface area contributed by atoms with E-state index in [9.17, 15) is 25.1 Å². The number of allylic oxidation sites excluding steroid dienone is 1. The normalized spacial score (nSPS) is 22.6. The van der Waals surface area contributed by atoms with Crippen LogP contribution in [0.2, 0.25) is 0 Å². The maximum Gasteiger partial charge on any atom is 0.410 e. The lowest BCUT2D eigenvalue weighted by atomic mass is 9.55. The fourth-order valence-electron chi connectivity index (χ4n) is 9.68. The standard InChI is InChI=1S/C51H59N3O10/c1-3-26-53(50(57)60-34-36-16-7-5-8-17-36)47-33-45(52-62-35-37-18-9-6-10-19-37)43-30-38(20-11-13-27-55)42(23-12-14-28-56)48-44-32-41(63-40-22-15-21-39(31-40)54(58)59)24-25-46(44)64-51(47,49(43)48)61-29-4-2/h4-10,15-19,21-22,24-25,30-32,38,42,47-49,55-56H,2-3,11-14,20,23,26-29,33-35H2,1H3/t38-,42+,47-,48+,49+,51+/m0/s1. The van der Waals surface area contributed by atoms with E-state index in [0.29, 0.717) is 48.8 Å². The van der Waals surface area contributed by atoms with Gasteiger partial charge in [-0.2, -0.15) is 0 Å². The molecular weight excluding hydrogens is 815 g/mol. The summed E-state index contributed by atoms with van der Waals surface area (Å²) in [6.07, 6.45) is 8.64. The minimum atomic E-state index is -1.47. The van der Waals surface area contributed by atoms with Crippen LogP contribution in [0.1, 0.15) is 80.9 Å². The van der Waals surface area contributed by atoms with Gasteiger partial charge in [0.05, 0.1) is 29.2 Å². The predicted octanol–water partition coefficient (Wildman–Crippen LogP) is 10.3. The number of hydrogen-bond acceptors (Lipinski definition) is 11. The van der Waals surface area contributed by atoms with Crippen LogP contribution in [0.25, 0.3) is 0 Å². The van der Waals surface area contributed by atoms with Crippen LogP contribution in [-0.2, 0) is 27.5 Å². The van der Waals surface area contributed by atoms with E-state index in [1.54, 1.807) is 29.2 Å². The van der Waals surface area contributed by atoms with Crippen LogP contribution >= 0.6 is 0 Å². The van der Waals surface area contributed by atoms with Crippen LogP contribution in [0, 0.1) is 27.9 Å². The Morgan fingerprint density at radius 2 is 1.62 bits per heavy atom. The number of non-ortho nitro benzene ring substituents is 1. The lowest BCUT2D eigenvalue weighted by molar-refractivity contribution is -0.384. The zero-order valence-corrected chi connectivity index (χ0v) is 36.5. The van der Waals surface area contributed by atoms with Gasteiger partial charge in [-0.1, -0.05) is 104 Å². The maximum absolute atomic E-state index is 14.6. The SMILES string of the molecule is C=CCO[C@@]12Oc3ccc(Oc4cccc([N+](=O)[O-])c4)cc3[C@H]3[C@H](CCCCO)[C@@H](CCCCO)C=C(C(=NOCc4ccccc4)C[C@@H]1N(CCC)C(=O)OCc1ccccc1)[C@H]32. The minimum Gasteiger partial charge on any atom is -0.459 e. The lowest BCUT2D eigenvalue weighted by Gasteiger charge is -2.59. The van der Waals surface area contributed by atoms with Crippen molar-refractivity contribution in [1.82, 2.24) is 4.90 Å². The number of aliphatic hydroxyl groups excluding tert-OH is 2. The van der Waals surface area contributed by atoms with E-state index in [-0.39, 0.29) is 62.9 Å². The van der Waals surface area contributed by atoms with Crippen molar-refractivity contribution in [3.05, 3.63) is 154 Å². The number of amides is 1. The summed E-state index contributed by atoms with van der Waals surface area (Å²) in [5.41, 5.74) is 4.14. The first-order chi connectivity index (χ1) is 31.3. The molecule has 4 aromatic rings. The van der Waals surface area contributed by atoms with Crippen molar-refractivity contribution < 1.29 is 43.7 Å². The molecule has 1 saturated carbocycles. The second-order valence-electron chi connectivity index (χ2n) is 16.6. The first-order valence-electron chi connectivity index (χ1n) is 22.4. The first-order valence-corrected chi connectivity index (χ1v) is 22.4. The molecule has 1 heterocycles. The number of unbranched alkanes of at least 4 members (excludes halogenated alkanes) is 2. The molecule has 0 radical (unpaired) electrons. The third-order valence-electron chi connectivity index (χ3n) is 12.4. The van der Waals surface area contributed by atoms with Gasteiger partial charge in [-0.05, 0) is 84.9 Å². The number of rotatable bonds is 22. The van der Waals surface area contributed by atoms with Crippen molar-refractivity contribution in [2.75, 3.05) is 26.4 Å². The van der Waals surface area contributed by atoms with Gasteiger partial charge >= 0.3 is 6.09 Å². The lowest BCUT2D eigenvalue weighted by Crippen LogP contribution is -2.70. The Kier molecular flexibility index (Phi) is 15.8. The molecule has 338 valence electrons. The number of carbonyl (C=O) groups excluding carboxylic acids is 1. The van der Waals surface area contributed by atoms with Crippen molar-refractivity contribution in [3.63, 3.8) is 0 Å². The predicted molar refractivity (Wildman–Crippen MR) is 243 cm³/mol. The fourth-order valence-corrected chi connectivity index (χ4v) is 9.68.